The second-order valence-corrected chi connectivity index (χ2v) is 17.0. The van der Waals surface area contributed by atoms with Gasteiger partial charge in [0.15, 0.2) is 0 Å². The first-order chi connectivity index (χ1) is 25.9. The number of allylic oxidation sites excluding steroid dienone is 8. The summed E-state index contributed by atoms with van der Waals surface area (Å²) in [6.45, 7) is 4.43. The third-order valence-corrected chi connectivity index (χ3v) is 10.0. The normalized spacial score (nSPS) is 15.6. The van der Waals surface area contributed by atoms with Crippen LogP contribution in [0.25, 0.3) is 0 Å². The molecule has 0 saturated carbocycles. The molecule has 1 unspecified atom stereocenters. The van der Waals surface area contributed by atoms with Gasteiger partial charge in [0.05, 0.1) is 46.0 Å². The van der Waals surface area contributed by atoms with Crippen LogP contribution in [0.2, 0.25) is 0 Å². The number of hydrogen-bond donors (Lipinski definition) is 3. The van der Waals surface area contributed by atoms with Crippen molar-refractivity contribution >= 4 is 13.7 Å². The molecule has 0 aliphatic heterocycles. The molecule has 0 spiro atoms. The third kappa shape index (κ3) is 37.1. The van der Waals surface area contributed by atoms with Gasteiger partial charge in [0, 0.05) is 6.42 Å². The average molecular weight is 781 g/mol. The number of carbonyl (C=O) groups is 1. The van der Waals surface area contributed by atoms with Crippen LogP contribution in [0.3, 0.4) is 0 Å². The van der Waals surface area contributed by atoms with E-state index in [1.807, 2.05) is 45.4 Å². The van der Waals surface area contributed by atoms with Crippen LogP contribution in [0.1, 0.15) is 155 Å². The van der Waals surface area contributed by atoms with Crippen LogP contribution in [0, 0.1) is 0 Å². The van der Waals surface area contributed by atoms with Gasteiger partial charge in [0.1, 0.15) is 13.2 Å². The molecule has 10 heteroatoms. The van der Waals surface area contributed by atoms with E-state index in [0.29, 0.717) is 23.9 Å². The number of aliphatic hydroxyl groups is 2. The fourth-order valence-corrected chi connectivity index (χ4v) is 6.33. The number of phosphoric ester groups is 1. The molecule has 0 bridgehead atoms. The van der Waals surface area contributed by atoms with Crippen LogP contribution < -0.4 is 10.2 Å². The summed E-state index contributed by atoms with van der Waals surface area (Å²) in [7, 11) is 1.13. The molecule has 0 heterocycles. The molecule has 0 rings (SSSR count). The highest BCUT2D eigenvalue weighted by atomic mass is 31.2. The molecule has 4 atom stereocenters. The molecule has 54 heavy (non-hydrogen) atoms. The molecule has 0 aliphatic rings. The Labute approximate surface area is 331 Å². The van der Waals surface area contributed by atoms with Crippen molar-refractivity contribution in [2.24, 2.45) is 0 Å². The zero-order valence-electron chi connectivity index (χ0n) is 35.0. The Kier molecular flexibility index (Phi) is 34.4. The number of nitrogens with zero attached hydrogens (tertiary/aromatic N) is 1. The highest BCUT2D eigenvalue weighted by Crippen LogP contribution is 2.38. The van der Waals surface area contributed by atoms with Crippen LogP contribution >= 0.6 is 7.82 Å². The monoisotopic (exact) mass is 781 g/mol. The second-order valence-electron chi connectivity index (χ2n) is 15.5. The first kappa shape index (κ1) is 52.2. The van der Waals surface area contributed by atoms with E-state index >= 15 is 0 Å². The lowest BCUT2D eigenvalue weighted by Gasteiger charge is -2.29. The number of hydrogen-bond acceptors (Lipinski definition) is 7. The maximum Gasteiger partial charge on any atom is 0.268 e. The number of carbonyl (C=O) groups excluding carboxylic acids is 1. The van der Waals surface area contributed by atoms with Gasteiger partial charge in [0.2, 0.25) is 5.91 Å². The van der Waals surface area contributed by atoms with E-state index in [2.05, 4.69) is 43.5 Å². The Morgan fingerprint density at radius 2 is 1.24 bits per heavy atom. The lowest BCUT2D eigenvalue weighted by Crippen LogP contribution is -2.45. The lowest BCUT2D eigenvalue weighted by molar-refractivity contribution is -0.870. The Balaban J connectivity index is 4.70. The Morgan fingerprint density at radius 1 is 0.704 bits per heavy atom. The largest absolute Gasteiger partial charge is 0.756 e. The summed E-state index contributed by atoms with van der Waals surface area (Å²) in [5, 5.41) is 24.0. The molecule has 1 amide bonds. The summed E-state index contributed by atoms with van der Waals surface area (Å²) in [6, 6.07) is -0.981. The summed E-state index contributed by atoms with van der Waals surface area (Å²) < 4.78 is 23.1. The van der Waals surface area contributed by atoms with Crippen molar-refractivity contribution in [1.82, 2.24) is 5.32 Å². The summed E-state index contributed by atoms with van der Waals surface area (Å²) in [6.07, 6.45) is 41.4. The predicted molar refractivity (Wildman–Crippen MR) is 225 cm³/mol. The van der Waals surface area contributed by atoms with E-state index in [9.17, 15) is 24.5 Å². The summed E-state index contributed by atoms with van der Waals surface area (Å²) in [5.74, 6) is -0.359. The average Bonchev–Trinajstić information content (AvgIpc) is 3.11. The fraction of sp³-hybridized carbons (Fsp3) is 0.750. The molecule has 0 saturated heterocycles. The smallest absolute Gasteiger partial charge is 0.268 e. The minimum absolute atomic E-state index is 0.0382. The number of quaternary nitrogens is 1. The van der Waals surface area contributed by atoms with E-state index in [4.69, 9.17) is 9.05 Å². The van der Waals surface area contributed by atoms with Gasteiger partial charge >= 0.3 is 0 Å². The predicted octanol–water partition coefficient (Wildman–Crippen LogP) is 9.80. The number of aliphatic hydroxyl groups excluding tert-OH is 2. The van der Waals surface area contributed by atoms with Crippen molar-refractivity contribution in [2.75, 3.05) is 40.9 Å². The van der Waals surface area contributed by atoms with E-state index in [1.165, 1.54) is 83.5 Å². The van der Waals surface area contributed by atoms with Gasteiger partial charge in [-0.3, -0.25) is 9.36 Å². The SMILES string of the molecule is CCCCC/C=C\C/C=C\C/C=C\C=C\[C@H](O)CCCC(=O)N[C@@H](COP(=O)([O-])OCC[N+](C)(C)C)[C@H](O)/C=C/CCCCCCCCCCCCCC. The number of rotatable bonds is 37. The zero-order chi connectivity index (χ0) is 40.2. The Morgan fingerprint density at radius 3 is 1.87 bits per heavy atom. The first-order valence-electron chi connectivity index (χ1n) is 21.3. The first-order valence-corrected chi connectivity index (χ1v) is 22.7. The molecular formula is C44H81N2O7P. The van der Waals surface area contributed by atoms with Crippen molar-refractivity contribution < 1.29 is 38.0 Å². The Bertz CT molecular complexity index is 1080. The minimum Gasteiger partial charge on any atom is -0.756 e. The molecule has 0 aliphatic carbocycles. The molecule has 0 aromatic carbocycles. The summed E-state index contributed by atoms with van der Waals surface area (Å²) in [4.78, 5) is 25.3. The topological polar surface area (TPSA) is 128 Å². The van der Waals surface area contributed by atoms with Crippen molar-refractivity contribution in [3.05, 3.63) is 60.8 Å². The van der Waals surface area contributed by atoms with Gasteiger partial charge < -0.3 is 34.0 Å². The second kappa shape index (κ2) is 35.6. The molecule has 0 fully saturated rings. The van der Waals surface area contributed by atoms with Gasteiger partial charge in [-0.15, -0.1) is 0 Å². The van der Waals surface area contributed by atoms with E-state index < -0.39 is 32.7 Å². The number of likely N-dealkylation sites (N-methyl/N-ethyl adjacent to an activating group) is 1. The molecule has 0 aromatic rings. The number of nitrogens with one attached hydrogen (secondary N) is 1. The third-order valence-electron chi connectivity index (χ3n) is 9.08. The lowest BCUT2D eigenvalue weighted by atomic mass is 10.0. The molecule has 0 aromatic heterocycles. The molecular weight excluding hydrogens is 699 g/mol. The van der Waals surface area contributed by atoms with Crippen molar-refractivity contribution in [3.8, 4) is 0 Å². The maximum absolute atomic E-state index is 12.8. The van der Waals surface area contributed by atoms with E-state index in [-0.39, 0.29) is 18.9 Å². The van der Waals surface area contributed by atoms with Gasteiger partial charge in [0.25, 0.3) is 7.82 Å². The maximum atomic E-state index is 12.8. The van der Waals surface area contributed by atoms with Crippen molar-refractivity contribution in [3.63, 3.8) is 0 Å². The van der Waals surface area contributed by atoms with Crippen molar-refractivity contribution in [2.45, 2.75) is 173 Å². The standard InChI is InChI=1S/C44H81N2O7P/c1-6-8-10-12-14-16-18-20-22-24-26-28-30-32-36-43(48)42(40-53-54(50,51)52-39-38-46(3,4)5)45-44(49)37-33-35-41(47)34-31-29-27-25-23-21-19-17-15-13-11-9-7-2/h15,17,21,23,27,29,31-32,34,36,41-43,47-48H,6-14,16,18-20,22,24-26,28,30,33,35,37-40H2,1-5H3,(H-,45,49,50,51)/b17-15-,23-21-,29-27-,34-31+,36-32+/t41-,42-,43+/m0/s1. The van der Waals surface area contributed by atoms with E-state index in [0.717, 1.165) is 38.5 Å². The van der Waals surface area contributed by atoms with Gasteiger partial charge in [-0.05, 0) is 51.4 Å². The molecule has 3 N–H and O–H groups in total. The summed E-state index contributed by atoms with van der Waals surface area (Å²) >= 11 is 0. The molecule has 9 nitrogen and oxygen atoms in total. The van der Waals surface area contributed by atoms with Crippen molar-refractivity contribution in [1.29, 1.82) is 0 Å². The highest BCUT2D eigenvalue weighted by molar-refractivity contribution is 7.45. The van der Waals surface area contributed by atoms with E-state index in [1.54, 1.807) is 12.2 Å². The minimum atomic E-state index is -4.64. The number of phosphoric acid groups is 1. The van der Waals surface area contributed by atoms with Crippen LogP contribution in [-0.4, -0.2) is 79.8 Å². The summed E-state index contributed by atoms with van der Waals surface area (Å²) in [5.41, 5.74) is 0. The number of unbranched alkanes of at least 4 members (excludes halogenated alkanes) is 15. The van der Waals surface area contributed by atoms with Gasteiger partial charge in [-0.1, -0.05) is 158 Å². The van der Waals surface area contributed by atoms with Crippen LogP contribution in [0.4, 0.5) is 0 Å². The zero-order valence-corrected chi connectivity index (χ0v) is 35.9. The highest BCUT2D eigenvalue weighted by Gasteiger charge is 2.23. The number of amides is 1. The Hall–Kier alpha value is -1.84. The molecule has 0 radical (unpaired) electrons. The van der Waals surface area contributed by atoms with Gasteiger partial charge in [-0.2, -0.15) is 0 Å². The quantitative estimate of drug-likeness (QED) is 0.0188. The van der Waals surface area contributed by atoms with Gasteiger partial charge in [-0.25, -0.2) is 0 Å². The van der Waals surface area contributed by atoms with Crippen LogP contribution in [-0.2, 0) is 18.4 Å². The van der Waals surface area contributed by atoms with Crippen LogP contribution in [0.5, 0.6) is 0 Å². The molecule has 314 valence electrons. The van der Waals surface area contributed by atoms with Crippen LogP contribution in [0.15, 0.2) is 60.8 Å². The fourth-order valence-electron chi connectivity index (χ4n) is 5.61.